The van der Waals surface area contributed by atoms with Crippen LogP contribution in [0.25, 0.3) is 88.0 Å². The van der Waals surface area contributed by atoms with Crippen molar-refractivity contribution in [2.45, 2.75) is 0 Å². The van der Waals surface area contributed by atoms with Gasteiger partial charge in [-0.2, -0.15) is 0 Å². The number of fused-ring (bicyclic) bond motifs is 5. The fraction of sp³-hybridized carbons (Fsp3) is 0. The average molecular weight is 740 g/mol. The Kier molecular flexibility index (Phi) is 8.19. The Morgan fingerprint density at radius 1 is 0.293 bits per heavy atom. The zero-order valence-electron chi connectivity index (χ0n) is 31.7. The second kappa shape index (κ2) is 14.1. The lowest BCUT2D eigenvalue weighted by atomic mass is 9.94. The monoisotopic (exact) mass is 739 g/mol. The minimum atomic E-state index is 0.902. The van der Waals surface area contributed by atoms with Crippen LogP contribution in [0.4, 0.5) is 17.1 Å². The molecule has 0 atom stereocenters. The van der Waals surface area contributed by atoms with Crippen molar-refractivity contribution in [3.8, 4) is 44.5 Å². The van der Waals surface area contributed by atoms with Gasteiger partial charge < -0.3 is 9.32 Å². The van der Waals surface area contributed by atoms with E-state index < -0.39 is 0 Å². The smallest absolute Gasteiger partial charge is 0.143 e. The van der Waals surface area contributed by atoms with Crippen molar-refractivity contribution in [3.05, 3.63) is 224 Å². The van der Waals surface area contributed by atoms with E-state index in [1.165, 1.54) is 38.2 Å². The van der Waals surface area contributed by atoms with Gasteiger partial charge >= 0.3 is 0 Å². The standard InChI is InChI=1S/C56H37NO/c1-2-16-41-36-44(31-30-38(41)14-1)49-22-6-9-28-54(49)57(45-34-32-40(33-35-45)50-25-13-26-52-51-23-7-10-29-55(51)58-56(50)52)53-27-8-5-21-48(53)43-19-11-18-42(37-43)47-24-12-17-39-15-3-4-20-46(39)47/h1-37H. The number of para-hydroxylation sites is 4. The fourth-order valence-electron chi connectivity index (χ4n) is 8.69. The van der Waals surface area contributed by atoms with Crippen LogP contribution in [0.15, 0.2) is 229 Å². The first-order chi connectivity index (χ1) is 28.8. The van der Waals surface area contributed by atoms with Gasteiger partial charge in [-0.1, -0.05) is 182 Å². The molecule has 0 saturated carbocycles. The Morgan fingerprint density at radius 3 is 1.60 bits per heavy atom. The summed E-state index contributed by atoms with van der Waals surface area (Å²) in [5.74, 6) is 0. The van der Waals surface area contributed by atoms with Gasteiger partial charge in [0.25, 0.3) is 0 Å². The van der Waals surface area contributed by atoms with Crippen LogP contribution >= 0.6 is 0 Å². The molecule has 0 aliphatic heterocycles. The fourth-order valence-corrected chi connectivity index (χ4v) is 8.69. The highest BCUT2D eigenvalue weighted by molar-refractivity contribution is 6.09. The molecule has 0 unspecified atom stereocenters. The van der Waals surface area contributed by atoms with Crippen molar-refractivity contribution in [1.29, 1.82) is 0 Å². The van der Waals surface area contributed by atoms with Crippen molar-refractivity contribution in [1.82, 2.24) is 0 Å². The molecule has 11 rings (SSSR count). The molecule has 0 aliphatic rings. The summed E-state index contributed by atoms with van der Waals surface area (Å²) in [6.45, 7) is 0. The molecule has 0 aliphatic carbocycles. The topological polar surface area (TPSA) is 16.4 Å². The van der Waals surface area contributed by atoms with E-state index in [1.54, 1.807) is 0 Å². The molecule has 0 N–H and O–H groups in total. The Hall–Kier alpha value is -7.68. The van der Waals surface area contributed by atoms with Gasteiger partial charge in [-0.15, -0.1) is 0 Å². The van der Waals surface area contributed by atoms with Gasteiger partial charge in [-0.25, -0.2) is 0 Å². The summed E-state index contributed by atoms with van der Waals surface area (Å²) in [6, 6.07) is 80.8. The molecule has 0 radical (unpaired) electrons. The first-order valence-corrected chi connectivity index (χ1v) is 19.8. The lowest BCUT2D eigenvalue weighted by molar-refractivity contribution is 0.670. The van der Waals surface area contributed by atoms with E-state index in [-0.39, 0.29) is 0 Å². The minimum Gasteiger partial charge on any atom is -0.455 e. The highest BCUT2D eigenvalue weighted by Crippen LogP contribution is 2.46. The van der Waals surface area contributed by atoms with Gasteiger partial charge in [0.1, 0.15) is 11.2 Å². The average Bonchev–Trinajstić information content (AvgIpc) is 3.69. The third-order valence-electron chi connectivity index (χ3n) is 11.5. The summed E-state index contributed by atoms with van der Waals surface area (Å²) in [4.78, 5) is 2.43. The predicted molar refractivity (Wildman–Crippen MR) is 245 cm³/mol. The minimum absolute atomic E-state index is 0.902. The van der Waals surface area contributed by atoms with Crippen molar-refractivity contribution < 1.29 is 4.42 Å². The largest absolute Gasteiger partial charge is 0.455 e. The SMILES string of the molecule is c1cc(-c2ccccc2N(c2ccc(-c3cccc4c3oc3ccccc34)cc2)c2ccccc2-c2ccc3ccccc3c2)cc(-c2cccc3ccccc23)c1. The van der Waals surface area contributed by atoms with Crippen molar-refractivity contribution >= 4 is 60.5 Å². The van der Waals surface area contributed by atoms with Crippen molar-refractivity contribution in [2.75, 3.05) is 4.90 Å². The van der Waals surface area contributed by atoms with Crippen LogP contribution in [-0.2, 0) is 0 Å². The molecular weight excluding hydrogens is 703 g/mol. The first kappa shape index (κ1) is 33.6. The first-order valence-electron chi connectivity index (χ1n) is 19.8. The van der Waals surface area contributed by atoms with E-state index in [4.69, 9.17) is 4.42 Å². The van der Waals surface area contributed by atoms with E-state index in [9.17, 15) is 0 Å². The number of anilines is 3. The maximum Gasteiger partial charge on any atom is 0.143 e. The maximum atomic E-state index is 6.47. The Bertz CT molecular complexity index is 3290. The molecule has 11 aromatic rings. The summed E-state index contributed by atoms with van der Waals surface area (Å²) < 4.78 is 6.47. The molecule has 0 fully saturated rings. The number of benzene rings is 10. The number of hydrogen-bond acceptors (Lipinski definition) is 2. The number of rotatable bonds is 7. The molecule has 10 aromatic carbocycles. The third-order valence-corrected chi connectivity index (χ3v) is 11.5. The van der Waals surface area contributed by atoms with Gasteiger partial charge in [0.2, 0.25) is 0 Å². The summed E-state index contributed by atoms with van der Waals surface area (Å²) in [6.07, 6.45) is 0. The second-order valence-electron chi connectivity index (χ2n) is 14.9. The zero-order chi connectivity index (χ0) is 38.4. The molecule has 0 spiro atoms. The molecule has 0 bridgehead atoms. The predicted octanol–water partition coefficient (Wildman–Crippen LogP) is 16.0. The highest BCUT2D eigenvalue weighted by Gasteiger charge is 2.21. The third kappa shape index (κ3) is 5.82. The number of hydrogen-bond donors (Lipinski definition) is 0. The van der Waals surface area contributed by atoms with Gasteiger partial charge in [0.15, 0.2) is 0 Å². The van der Waals surface area contributed by atoms with Gasteiger partial charge in [-0.05, 0) is 91.8 Å². The summed E-state index contributed by atoms with van der Waals surface area (Å²) in [7, 11) is 0. The van der Waals surface area contributed by atoms with Crippen LogP contribution in [0.5, 0.6) is 0 Å². The maximum absolute atomic E-state index is 6.47. The van der Waals surface area contributed by atoms with Crippen molar-refractivity contribution in [2.24, 2.45) is 0 Å². The lowest BCUT2D eigenvalue weighted by Crippen LogP contribution is -2.12. The van der Waals surface area contributed by atoms with Gasteiger partial charge in [0.05, 0.1) is 11.4 Å². The van der Waals surface area contributed by atoms with Crippen LogP contribution in [0.2, 0.25) is 0 Å². The molecule has 0 saturated heterocycles. The van der Waals surface area contributed by atoms with Crippen LogP contribution in [0.1, 0.15) is 0 Å². The Labute approximate surface area is 337 Å². The molecule has 2 nitrogen and oxygen atoms in total. The van der Waals surface area contributed by atoms with Crippen LogP contribution in [0.3, 0.4) is 0 Å². The zero-order valence-corrected chi connectivity index (χ0v) is 31.7. The van der Waals surface area contributed by atoms with Crippen LogP contribution < -0.4 is 4.90 Å². The van der Waals surface area contributed by atoms with E-state index in [2.05, 4.69) is 217 Å². The molecular formula is C56H37NO. The van der Waals surface area contributed by atoms with Gasteiger partial charge in [-0.3, -0.25) is 0 Å². The summed E-state index contributed by atoms with van der Waals surface area (Å²) in [5, 5.41) is 7.20. The normalized spacial score (nSPS) is 11.4. The number of furan rings is 1. The molecule has 272 valence electrons. The van der Waals surface area contributed by atoms with E-state index in [0.717, 1.165) is 66.8 Å². The Morgan fingerprint density at radius 2 is 0.810 bits per heavy atom. The summed E-state index contributed by atoms with van der Waals surface area (Å²) in [5.41, 5.74) is 14.3. The molecule has 1 aromatic heterocycles. The van der Waals surface area contributed by atoms with E-state index >= 15 is 0 Å². The Balaban J connectivity index is 1.09. The van der Waals surface area contributed by atoms with Crippen LogP contribution in [-0.4, -0.2) is 0 Å². The molecule has 0 amide bonds. The quantitative estimate of drug-likeness (QED) is 0.162. The molecule has 58 heavy (non-hydrogen) atoms. The lowest BCUT2D eigenvalue weighted by Gasteiger charge is -2.30. The second-order valence-corrected chi connectivity index (χ2v) is 14.9. The highest BCUT2D eigenvalue weighted by atomic mass is 16.3. The van der Waals surface area contributed by atoms with Crippen molar-refractivity contribution in [3.63, 3.8) is 0 Å². The van der Waals surface area contributed by atoms with Crippen LogP contribution in [0, 0.1) is 0 Å². The van der Waals surface area contributed by atoms with E-state index in [0.29, 0.717) is 0 Å². The summed E-state index contributed by atoms with van der Waals surface area (Å²) >= 11 is 0. The number of nitrogens with zero attached hydrogens (tertiary/aromatic N) is 1. The molecule has 1 heterocycles. The van der Waals surface area contributed by atoms with E-state index in [1.807, 2.05) is 12.1 Å². The molecule has 2 heteroatoms. The van der Waals surface area contributed by atoms with Gasteiger partial charge in [0, 0.05) is 33.2 Å².